The molecule has 1 saturated heterocycles. The van der Waals surface area contributed by atoms with Gasteiger partial charge in [0.1, 0.15) is 0 Å². The first kappa shape index (κ1) is 9.40. The minimum Gasteiger partial charge on any atom is -0.380 e. The van der Waals surface area contributed by atoms with Crippen LogP contribution in [0.5, 0.6) is 0 Å². The molecule has 1 aromatic rings. The van der Waals surface area contributed by atoms with E-state index in [1.165, 1.54) is 6.07 Å². The normalized spacial score (nSPS) is 21.1. The second-order valence-corrected chi connectivity index (χ2v) is 3.33. The number of rotatable bonds is 2. The molecule has 76 valence electrons. The zero-order valence-electron chi connectivity index (χ0n) is 7.59. The van der Waals surface area contributed by atoms with E-state index in [0.29, 0.717) is 12.3 Å². The van der Waals surface area contributed by atoms with Crippen LogP contribution in [0.3, 0.4) is 0 Å². The summed E-state index contributed by atoms with van der Waals surface area (Å²) in [5.41, 5.74) is 0.597. The maximum atomic E-state index is 12.8. The lowest BCUT2D eigenvalue weighted by molar-refractivity contribution is 0.195. The van der Waals surface area contributed by atoms with Gasteiger partial charge in [-0.2, -0.15) is 0 Å². The molecule has 0 aliphatic carbocycles. The zero-order valence-corrected chi connectivity index (χ0v) is 7.59. The fraction of sp³-hybridized carbons (Fsp3) is 0.400. The van der Waals surface area contributed by atoms with Gasteiger partial charge in [-0.1, -0.05) is 0 Å². The second kappa shape index (κ2) is 3.92. The Labute approximate surface area is 80.9 Å². The van der Waals surface area contributed by atoms with Crippen LogP contribution in [0.15, 0.2) is 18.2 Å². The largest absolute Gasteiger partial charge is 0.380 e. The van der Waals surface area contributed by atoms with Gasteiger partial charge in [-0.3, -0.25) is 0 Å². The van der Waals surface area contributed by atoms with Crippen LogP contribution >= 0.6 is 0 Å². The third-order valence-corrected chi connectivity index (χ3v) is 2.22. The van der Waals surface area contributed by atoms with Crippen LogP contribution in [0.1, 0.15) is 6.42 Å². The first-order valence-corrected chi connectivity index (χ1v) is 4.55. The molecule has 1 aliphatic heterocycles. The van der Waals surface area contributed by atoms with E-state index < -0.39 is 11.6 Å². The van der Waals surface area contributed by atoms with Gasteiger partial charge in [-0.15, -0.1) is 0 Å². The molecule has 1 fully saturated rings. The van der Waals surface area contributed by atoms with Gasteiger partial charge >= 0.3 is 0 Å². The maximum Gasteiger partial charge on any atom is 0.160 e. The predicted molar refractivity (Wildman–Crippen MR) is 49.2 cm³/mol. The van der Waals surface area contributed by atoms with Crippen LogP contribution in [0.4, 0.5) is 14.5 Å². The van der Waals surface area contributed by atoms with E-state index in [-0.39, 0.29) is 6.04 Å². The molecule has 0 aromatic heterocycles. The van der Waals surface area contributed by atoms with Crippen molar-refractivity contribution in [3.05, 3.63) is 29.8 Å². The van der Waals surface area contributed by atoms with Crippen molar-refractivity contribution in [1.29, 1.82) is 0 Å². The lowest BCUT2D eigenvalue weighted by Gasteiger charge is -2.11. The third-order valence-electron chi connectivity index (χ3n) is 2.22. The van der Waals surface area contributed by atoms with Crippen molar-refractivity contribution in [2.75, 3.05) is 18.5 Å². The highest BCUT2D eigenvalue weighted by Gasteiger charge is 2.15. The molecule has 0 spiro atoms. The molecule has 0 amide bonds. The van der Waals surface area contributed by atoms with E-state index in [1.807, 2.05) is 0 Å². The Kier molecular flexibility index (Phi) is 2.63. The zero-order chi connectivity index (χ0) is 9.97. The highest BCUT2D eigenvalue weighted by atomic mass is 19.2. The van der Waals surface area contributed by atoms with Gasteiger partial charge in [-0.25, -0.2) is 8.78 Å². The number of nitrogens with one attached hydrogen (secondary N) is 1. The lowest BCUT2D eigenvalue weighted by Crippen LogP contribution is -2.18. The number of anilines is 1. The summed E-state index contributed by atoms with van der Waals surface area (Å²) in [7, 11) is 0. The first-order chi connectivity index (χ1) is 6.75. The Balaban J connectivity index is 2.05. The molecule has 1 unspecified atom stereocenters. The van der Waals surface area contributed by atoms with Crippen molar-refractivity contribution < 1.29 is 13.5 Å². The standard InChI is InChI=1S/C10H11F2NO/c11-9-2-1-7(5-10(9)12)13-8-3-4-14-6-8/h1-2,5,8,13H,3-4,6H2. The molecule has 0 bridgehead atoms. The minimum atomic E-state index is -0.825. The monoisotopic (exact) mass is 199 g/mol. The molecule has 2 rings (SSSR count). The SMILES string of the molecule is Fc1ccc(NC2CCOC2)cc1F. The molecular weight excluding hydrogens is 188 g/mol. The van der Waals surface area contributed by atoms with E-state index in [4.69, 9.17) is 4.74 Å². The van der Waals surface area contributed by atoms with Crippen molar-refractivity contribution in [2.24, 2.45) is 0 Å². The molecule has 1 aromatic carbocycles. The maximum absolute atomic E-state index is 12.8. The number of ether oxygens (including phenoxy) is 1. The summed E-state index contributed by atoms with van der Waals surface area (Å²) in [6.07, 6.45) is 0.902. The predicted octanol–water partition coefficient (Wildman–Crippen LogP) is 2.17. The minimum absolute atomic E-state index is 0.208. The fourth-order valence-electron chi connectivity index (χ4n) is 1.47. The van der Waals surface area contributed by atoms with E-state index in [1.54, 1.807) is 0 Å². The van der Waals surface area contributed by atoms with Gasteiger partial charge < -0.3 is 10.1 Å². The van der Waals surface area contributed by atoms with Crippen molar-refractivity contribution in [3.63, 3.8) is 0 Å². The van der Waals surface area contributed by atoms with Crippen molar-refractivity contribution in [3.8, 4) is 0 Å². The van der Waals surface area contributed by atoms with Crippen LogP contribution in [0.25, 0.3) is 0 Å². The molecule has 14 heavy (non-hydrogen) atoms. The van der Waals surface area contributed by atoms with Gasteiger partial charge in [0.2, 0.25) is 0 Å². The average molecular weight is 199 g/mol. The Morgan fingerprint density at radius 3 is 2.79 bits per heavy atom. The third kappa shape index (κ3) is 2.01. The molecular formula is C10H11F2NO. The quantitative estimate of drug-likeness (QED) is 0.788. The molecule has 1 N–H and O–H groups in total. The molecule has 1 atom stereocenters. The fourth-order valence-corrected chi connectivity index (χ4v) is 1.47. The summed E-state index contributed by atoms with van der Waals surface area (Å²) in [5.74, 6) is -1.65. The summed E-state index contributed by atoms with van der Waals surface area (Å²) in [6.45, 7) is 1.35. The van der Waals surface area contributed by atoms with Gasteiger partial charge in [0.05, 0.1) is 12.6 Å². The summed E-state index contributed by atoms with van der Waals surface area (Å²) in [6, 6.07) is 4.01. The molecule has 0 saturated carbocycles. The summed E-state index contributed by atoms with van der Waals surface area (Å²) in [5, 5.41) is 3.08. The van der Waals surface area contributed by atoms with E-state index in [0.717, 1.165) is 25.2 Å². The summed E-state index contributed by atoms with van der Waals surface area (Å²) < 4.78 is 30.5. The highest BCUT2D eigenvalue weighted by Crippen LogP contribution is 2.16. The second-order valence-electron chi connectivity index (χ2n) is 3.33. The molecule has 1 heterocycles. The topological polar surface area (TPSA) is 21.3 Å². The number of hydrogen-bond acceptors (Lipinski definition) is 2. The van der Waals surface area contributed by atoms with Gasteiger partial charge in [0.25, 0.3) is 0 Å². The lowest BCUT2D eigenvalue weighted by atomic mass is 10.2. The first-order valence-electron chi connectivity index (χ1n) is 4.55. The Morgan fingerprint density at radius 1 is 1.29 bits per heavy atom. The Bertz CT molecular complexity index is 324. The van der Waals surface area contributed by atoms with Gasteiger partial charge in [0.15, 0.2) is 11.6 Å². The van der Waals surface area contributed by atoms with Crippen molar-refractivity contribution in [2.45, 2.75) is 12.5 Å². The summed E-state index contributed by atoms with van der Waals surface area (Å²) in [4.78, 5) is 0. The Morgan fingerprint density at radius 2 is 2.14 bits per heavy atom. The number of benzene rings is 1. The van der Waals surface area contributed by atoms with Gasteiger partial charge in [0, 0.05) is 18.4 Å². The van der Waals surface area contributed by atoms with Crippen molar-refractivity contribution >= 4 is 5.69 Å². The van der Waals surface area contributed by atoms with Crippen molar-refractivity contribution in [1.82, 2.24) is 0 Å². The molecule has 2 nitrogen and oxygen atoms in total. The highest BCUT2D eigenvalue weighted by molar-refractivity contribution is 5.44. The molecule has 4 heteroatoms. The van der Waals surface area contributed by atoms with E-state index in [2.05, 4.69) is 5.32 Å². The van der Waals surface area contributed by atoms with Gasteiger partial charge in [-0.05, 0) is 18.6 Å². The van der Waals surface area contributed by atoms with Crippen LogP contribution in [-0.4, -0.2) is 19.3 Å². The molecule has 1 aliphatic rings. The van der Waals surface area contributed by atoms with Crippen LogP contribution < -0.4 is 5.32 Å². The van der Waals surface area contributed by atoms with Crippen LogP contribution in [0, 0.1) is 11.6 Å². The van der Waals surface area contributed by atoms with Crippen LogP contribution in [0.2, 0.25) is 0 Å². The Hall–Kier alpha value is -1.16. The molecule has 0 radical (unpaired) electrons. The van der Waals surface area contributed by atoms with E-state index >= 15 is 0 Å². The average Bonchev–Trinajstić information content (AvgIpc) is 2.64. The number of hydrogen-bond donors (Lipinski definition) is 1. The number of halogens is 2. The summed E-state index contributed by atoms with van der Waals surface area (Å²) >= 11 is 0. The van der Waals surface area contributed by atoms with Crippen LogP contribution in [-0.2, 0) is 4.74 Å². The smallest absolute Gasteiger partial charge is 0.160 e. The van der Waals surface area contributed by atoms with E-state index in [9.17, 15) is 8.78 Å².